The fourth-order valence-electron chi connectivity index (χ4n) is 0.290. The third-order valence-electron chi connectivity index (χ3n) is 0.814. The quantitative estimate of drug-likeness (QED) is 0.371. The summed E-state index contributed by atoms with van der Waals surface area (Å²) in [7, 11) is 0. The van der Waals surface area contributed by atoms with Crippen LogP contribution in [0.3, 0.4) is 0 Å². The van der Waals surface area contributed by atoms with E-state index in [1.807, 2.05) is 0 Å². The molecule has 0 rings (SSSR count). The fourth-order valence-corrected chi connectivity index (χ4v) is 0.290. The zero-order valence-electron chi connectivity index (χ0n) is 5.37. The summed E-state index contributed by atoms with van der Waals surface area (Å²) in [6.07, 6.45) is -4.29. The van der Waals surface area contributed by atoms with E-state index in [2.05, 4.69) is 6.58 Å². The maximum atomic E-state index is 12.0. The predicted octanol–water partition coefficient (Wildman–Crippen LogP) is 2.61. The van der Waals surface area contributed by atoms with Crippen LogP contribution >= 0.6 is 0 Å². The molecule has 0 unspecified atom stereocenters. The maximum absolute atomic E-state index is 12.0. The highest BCUT2D eigenvalue weighted by atomic mass is 19.4. The monoisotopic (exact) mass is 167 g/mol. The minimum atomic E-state index is -4.62. The molecule has 0 aromatic heterocycles. The minimum absolute atomic E-state index is 0.160. The first-order valence-corrected chi connectivity index (χ1v) is 2.51. The van der Waals surface area contributed by atoms with Crippen molar-refractivity contribution in [3.8, 4) is 0 Å². The molecular formula is C6H5F4N. The molecule has 0 aliphatic carbocycles. The van der Waals surface area contributed by atoms with Crippen LogP contribution in [0.2, 0.25) is 0 Å². The van der Waals surface area contributed by atoms with Crippen LogP contribution in [0.4, 0.5) is 17.6 Å². The van der Waals surface area contributed by atoms with Gasteiger partial charge in [-0.1, -0.05) is 6.58 Å². The molecule has 1 nitrogen and oxygen atoms in total. The van der Waals surface area contributed by atoms with Gasteiger partial charge in [-0.3, -0.25) is 0 Å². The number of halogens is 4. The average Bonchev–Trinajstić information content (AvgIpc) is 1.85. The molecule has 0 atom stereocenters. The highest BCUT2D eigenvalue weighted by Crippen LogP contribution is 2.25. The molecule has 0 bridgehead atoms. The summed E-state index contributed by atoms with van der Waals surface area (Å²) in [4.78, 5) is 0. The van der Waals surface area contributed by atoms with Gasteiger partial charge in [0.05, 0.1) is 11.8 Å². The van der Waals surface area contributed by atoms with Crippen LogP contribution in [0.1, 0.15) is 0 Å². The molecule has 0 aromatic carbocycles. The van der Waals surface area contributed by atoms with Crippen LogP contribution < -0.4 is 0 Å². The van der Waals surface area contributed by atoms with Crippen molar-refractivity contribution in [1.29, 1.82) is 5.41 Å². The Hall–Kier alpha value is -1.13. The molecule has 62 valence electrons. The molecule has 11 heavy (non-hydrogen) atoms. The van der Waals surface area contributed by atoms with Crippen molar-refractivity contribution in [3.63, 3.8) is 0 Å². The van der Waals surface area contributed by atoms with Crippen LogP contribution in [0.5, 0.6) is 0 Å². The molecule has 0 radical (unpaired) electrons. The zero-order valence-corrected chi connectivity index (χ0v) is 5.37. The van der Waals surface area contributed by atoms with Crippen molar-refractivity contribution < 1.29 is 17.6 Å². The molecule has 0 aliphatic heterocycles. The molecular weight excluding hydrogens is 162 g/mol. The largest absolute Gasteiger partial charge is 0.415 e. The molecule has 0 spiro atoms. The van der Waals surface area contributed by atoms with Gasteiger partial charge in [0.1, 0.15) is 5.83 Å². The Morgan fingerprint density at radius 3 is 2.09 bits per heavy atom. The SMILES string of the molecule is C=C(/C=C(/F)C=N)C(F)(F)F. The van der Waals surface area contributed by atoms with Gasteiger partial charge >= 0.3 is 6.18 Å². The Morgan fingerprint density at radius 1 is 1.36 bits per heavy atom. The normalized spacial score (nSPS) is 12.9. The fraction of sp³-hybridized carbons (Fsp3) is 0.167. The van der Waals surface area contributed by atoms with Crippen molar-refractivity contribution in [2.24, 2.45) is 0 Å². The first-order chi connectivity index (χ1) is 4.88. The van der Waals surface area contributed by atoms with Gasteiger partial charge in [0.15, 0.2) is 0 Å². The summed E-state index contributed by atoms with van der Waals surface area (Å²) in [5, 5.41) is 6.23. The third-order valence-corrected chi connectivity index (χ3v) is 0.814. The first kappa shape index (κ1) is 9.87. The molecule has 0 aliphatic rings. The van der Waals surface area contributed by atoms with Crippen LogP contribution in [-0.4, -0.2) is 12.4 Å². The Kier molecular flexibility index (Phi) is 2.98. The lowest BCUT2D eigenvalue weighted by atomic mass is 10.2. The maximum Gasteiger partial charge on any atom is 0.415 e. The van der Waals surface area contributed by atoms with Gasteiger partial charge in [0, 0.05) is 0 Å². The predicted molar refractivity (Wildman–Crippen MR) is 33.2 cm³/mol. The van der Waals surface area contributed by atoms with Crippen LogP contribution in [0.25, 0.3) is 0 Å². The van der Waals surface area contributed by atoms with E-state index in [0.29, 0.717) is 0 Å². The van der Waals surface area contributed by atoms with E-state index < -0.39 is 17.6 Å². The summed E-state index contributed by atoms with van der Waals surface area (Å²) in [5.74, 6) is -1.27. The Balaban J connectivity index is 4.42. The Bertz CT molecular complexity index is 201. The summed E-state index contributed by atoms with van der Waals surface area (Å²) in [6.45, 7) is 2.57. The lowest BCUT2D eigenvalue weighted by molar-refractivity contribution is -0.0879. The molecule has 0 heterocycles. The Labute approximate surface area is 60.5 Å². The number of hydrogen-bond donors (Lipinski definition) is 1. The summed E-state index contributed by atoms with van der Waals surface area (Å²) < 4.78 is 46.6. The van der Waals surface area contributed by atoms with Gasteiger partial charge in [0.2, 0.25) is 0 Å². The van der Waals surface area contributed by atoms with E-state index in [-0.39, 0.29) is 12.3 Å². The lowest BCUT2D eigenvalue weighted by Gasteiger charge is -2.03. The number of allylic oxidation sites excluding steroid dienone is 3. The van der Waals surface area contributed by atoms with E-state index >= 15 is 0 Å². The summed E-state index contributed by atoms with van der Waals surface area (Å²) in [6, 6.07) is 0. The summed E-state index contributed by atoms with van der Waals surface area (Å²) in [5.41, 5.74) is -1.31. The number of alkyl halides is 3. The van der Waals surface area contributed by atoms with Crippen molar-refractivity contribution in [2.75, 3.05) is 0 Å². The van der Waals surface area contributed by atoms with E-state index in [0.717, 1.165) is 0 Å². The average molecular weight is 167 g/mol. The molecule has 5 heteroatoms. The van der Waals surface area contributed by atoms with Gasteiger partial charge in [-0.2, -0.15) is 13.2 Å². The molecule has 1 N–H and O–H groups in total. The van der Waals surface area contributed by atoms with E-state index in [1.54, 1.807) is 0 Å². The molecule has 0 saturated heterocycles. The van der Waals surface area contributed by atoms with Gasteiger partial charge < -0.3 is 5.41 Å². The standard InChI is InChI=1S/C6H5F4N/c1-4(6(8,9)10)2-5(7)3-11/h2-3,11H,1H2/b5-2+,11-3?. The van der Waals surface area contributed by atoms with E-state index in [1.165, 1.54) is 0 Å². The second-order valence-electron chi connectivity index (χ2n) is 1.70. The summed E-state index contributed by atoms with van der Waals surface area (Å²) >= 11 is 0. The second-order valence-corrected chi connectivity index (χ2v) is 1.70. The highest BCUT2D eigenvalue weighted by molar-refractivity contribution is 5.73. The molecule has 0 fully saturated rings. The van der Waals surface area contributed by atoms with Crippen LogP contribution in [0, 0.1) is 5.41 Å². The van der Waals surface area contributed by atoms with Gasteiger partial charge in [0.25, 0.3) is 0 Å². The second kappa shape index (κ2) is 3.32. The zero-order chi connectivity index (χ0) is 9.07. The van der Waals surface area contributed by atoms with Crippen molar-refractivity contribution in [1.82, 2.24) is 0 Å². The smallest absolute Gasteiger partial charge is 0.306 e. The van der Waals surface area contributed by atoms with Gasteiger partial charge in [-0.05, 0) is 6.08 Å². The topological polar surface area (TPSA) is 23.9 Å². The third kappa shape index (κ3) is 3.54. The number of hydrogen-bond acceptors (Lipinski definition) is 1. The van der Waals surface area contributed by atoms with Crippen LogP contribution in [0.15, 0.2) is 24.1 Å². The van der Waals surface area contributed by atoms with E-state index in [9.17, 15) is 17.6 Å². The van der Waals surface area contributed by atoms with Gasteiger partial charge in [-0.15, -0.1) is 0 Å². The Morgan fingerprint density at radius 2 is 1.82 bits per heavy atom. The molecule has 0 amide bonds. The van der Waals surface area contributed by atoms with Crippen molar-refractivity contribution in [2.45, 2.75) is 6.18 Å². The minimum Gasteiger partial charge on any atom is -0.306 e. The van der Waals surface area contributed by atoms with E-state index in [4.69, 9.17) is 5.41 Å². The highest BCUT2D eigenvalue weighted by Gasteiger charge is 2.30. The van der Waals surface area contributed by atoms with Crippen molar-refractivity contribution >= 4 is 6.21 Å². The lowest BCUT2D eigenvalue weighted by Crippen LogP contribution is -2.08. The van der Waals surface area contributed by atoms with Gasteiger partial charge in [-0.25, -0.2) is 4.39 Å². The number of nitrogens with one attached hydrogen (secondary N) is 1. The molecule has 0 aromatic rings. The van der Waals surface area contributed by atoms with Crippen LogP contribution in [-0.2, 0) is 0 Å². The molecule has 0 saturated carbocycles. The first-order valence-electron chi connectivity index (χ1n) is 2.51. The number of rotatable bonds is 2. The van der Waals surface area contributed by atoms with Crippen molar-refractivity contribution in [3.05, 3.63) is 24.1 Å².